The third kappa shape index (κ3) is 44.1. The Morgan fingerprint density at radius 3 is 1.49 bits per heavy atom. The maximum absolute atomic E-state index is 12.9. The van der Waals surface area contributed by atoms with Crippen LogP contribution in [-0.2, 0) is 18.4 Å². The van der Waals surface area contributed by atoms with E-state index in [0.29, 0.717) is 17.4 Å². The van der Waals surface area contributed by atoms with E-state index in [9.17, 15) is 19.4 Å². The van der Waals surface area contributed by atoms with Crippen molar-refractivity contribution in [2.75, 3.05) is 40.9 Å². The second kappa shape index (κ2) is 41.5. The molecule has 2 N–H and O–H groups in total. The minimum atomic E-state index is -4.60. The first kappa shape index (κ1) is 57.2. The zero-order valence-corrected chi connectivity index (χ0v) is 39.8. The molecular formula is C50H93N2O6P. The van der Waals surface area contributed by atoms with Crippen molar-refractivity contribution in [2.45, 2.75) is 212 Å². The van der Waals surface area contributed by atoms with Crippen LogP contribution in [0.25, 0.3) is 0 Å². The Balaban J connectivity index is 4.37. The van der Waals surface area contributed by atoms with Gasteiger partial charge in [-0.05, 0) is 70.6 Å². The molecule has 0 aromatic rings. The summed E-state index contributed by atoms with van der Waals surface area (Å²) in [6.45, 7) is 4.59. The first-order chi connectivity index (χ1) is 28.5. The number of phosphoric ester groups is 1. The summed E-state index contributed by atoms with van der Waals surface area (Å²) in [5.41, 5.74) is 0. The van der Waals surface area contributed by atoms with Gasteiger partial charge in [0.05, 0.1) is 39.9 Å². The highest BCUT2D eigenvalue weighted by Crippen LogP contribution is 2.38. The first-order valence-corrected chi connectivity index (χ1v) is 25.6. The van der Waals surface area contributed by atoms with Gasteiger partial charge in [-0.1, -0.05) is 184 Å². The maximum atomic E-state index is 12.9. The van der Waals surface area contributed by atoms with Gasteiger partial charge >= 0.3 is 0 Å². The van der Waals surface area contributed by atoms with Crippen LogP contribution in [0.2, 0.25) is 0 Å². The Hall–Kier alpha value is -1.80. The Labute approximate surface area is 364 Å². The van der Waals surface area contributed by atoms with Gasteiger partial charge in [0.2, 0.25) is 5.91 Å². The molecule has 59 heavy (non-hydrogen) atoms. The van der Waals surface area contributed by atoms with Crippen LogP contribution < -0.4 is 10.2 Å². The molecule has 344 valence electrons. The quantitative estimate of drug-likeness (QED) is 0.0274. The highest BCUT2D eigenvalue weighted by molar-refractivity contribution is 7.45. The van der Waals surface area contributed by atoms with Crippen LogP contribution in [0, 0.1) is 0 Å². The average Bonchev–Trinajstić information content (AvgIpc) is 3.19. The van der Waals surface area contributed by atoms with Crippen LogP contribution >= 0.6 is 7.82 Å². The minimum absolute atomic E-state index is 0.0103. The number of aliphatic hydroxyl groups excluding tert-OH is 1. The molecule has 9 heteroatoms. The molecule has 0 spiro atoms. The van der Waals surface area contributed by atoms with Gasteiger partial charge in [0.1, 0.15) is 13.2 Å². The fourth-order valence-corrected chi connectivity index (χ4v) is 7.31. The molecule has 0 aliphatic heterocycles. The fraction of sp³-hybridized carbons (Fsp3) is 0.780. The van der Waals surface area contributed by atoms with E-state index in [1.807, 2.05) is 27.2 Å². The smallest absolute Gasteiger partial charge is 0.268 e. The molecule has 0 aromatic carbocycles. The molecular weight excluding hydrogens is 756 g/mol. The number of aliphatic hydroxyl groups is 1. The van der Waals surface area contributed by atoms with E-state index in [4.69, 9.17) is 9.05 Å². The molecule has 0 aliphatic carbocycles. The Kier molecular flexibility index (Phi) is 40.3. The standard InChI is InChI=1S/C50H93N2O6P/c1-6-8-10-12-14-16-18-20-22-23-24-25-26-27-28-29-30-32-34-36-38-40-42-44-50(54)51-48(47-58-59(55,56)57-46-45-52(3,4)5)49(53)43-41-39-37-35-33-31-21-19-17-15-13-11-9-7-2/h18,20,23-24,26-27,33,35,41,43,48-49,53H,6-17,19,21-22,25,28-32,34,36-40,42,44-47H2,1-5H3,(H-,51,54,55,56)/b20-18-,24-23-,27-26-,35-33+,43-41+. The van der Waals surface area contributed by atoms with Crippen LogP contribution in [0.15, 0.2) is 60.8 Å². The summed E-state index contributed by atoms with van der Waals surface area (Å²) in [7, 11) is 1.23. The van der Waals surface area contributed by atoms with Gasteiger partial charge in [-0.25, -0.2) is 0 Å². The number of phosphoric acid groups is 1. The van der Waals surface area contributed by atoms with E-state index < -0.39 is 26.6 Å². The molecule has 0 bridgehead atoms. The highest BCUT2D eigenvalue weighted by atomic mass is 31.2. The molecule has 0 rings (SSSR count). The number of carbonyl (C=O) groups is 1. The minimum Gasteiger partial charge on any atom is -0.756 e. The van der Waals surface area contributed by atoms with Crippen molar-refractivity contribution in [3.8, 4) is 0 Å². The van der Waals surface area contributed by atoms with E-state index in [1.54, 1.807) is 6.08 Å². The van der Waals surface area contributed by atoms with Gasteiger partial charge in [0, 0.05) is 6.42 Å². The maximum Gasteiger partial charge on any atom is 0.268 e. The molecule has 0 saturated heterocycles. The number of rotatable bonds is 43. The summed E-state index contributed by atoms with van der Waals surface area (Å²) in [6, 6.07) is -0.909. The van der Waals surface area contributed by atoms with Gasteiger partial charge < -0.3 is 28.8 Å². The van der Waals surface area contributed by atoms with Crippen LogP contribution in [0.5, 0.6) is 0 Å². The number of likely N-dealkylation sites (N-methyl/N-ethyl adjacent to an activating group) is 1. The van der Waals surface area contributed by atoms with E-state index >= 15 is 0 Å². The molecule has 0 saturated carbocycles. The van der Waals surface area contributed by atoms with E-state index in [1.165, 1.54) is 116 Å². The molecule has 0 fully saturated rings. The summed E-state index contributed by atoms with van der Waals surface area (Å²) in [5.74, 6) is -0.217. The first-order valence-electron chi connectivity index (χ1n) is 24.2. The van der Waals surface area contributed by atoms with Crippen molar-refractivity contribution < 1.29 is 32.9 Å². The topological polar surface area (TPSA) is 108 Å². The number of hydrogen-bond donors (Lipinski definition) is 2. The largest absolute Gasteiger partial charge is 0.756 e. The third-order valence-electron chi connectivity index (χ3n) is 10.4. The van der Waals surface area contributed by atoms with Crippen molar-refractivity contribution in [1.82, 2.24) is 5.32 Å². The second-order valence-corrected chi connectivity index (χ2v) is 18.9. The summed E-state index contributed by atoms with van der Waals surface area (Å²) < 4.78 is 23.2. The molecule has 0 aromatic heterocycles. The fourth-order valence-electron chi connectivity index (χ4n) is 6.59. The monoisotopic (exact) mass is 849 g/mol. The van der Waals surface area contributed by atoms with E-state index in [-0.39, 0.29) is 12.5 Å². The third-order valence-corrected chi connectivity index (χ3v) is 11.4. The summed E-state index contributed by atoms with van der Waals surface area (Å²) in [6.07, 6.45) is 54.1. The number of hydrogen-bond acceptors (Lipinski definition) is 6. The SMILES string of the molecule is CCCCCCC/C=C\C/C=C\C/C=C\CCCCCCCCCCC(=O)NC(COP(=O)([O-])OCC[N+](C)(C)C)C(O)/C=C/CC/C=C/CCCCCCCCCC. The highest BCUT2D eigenvalue weighted by Gasteiger charge is 2.23. The molecule has 3 atom stereocenters. The predicted molar refractivity (Wildman–Crippen MR) is 251 cm³/mol. The van der Waals surface area contributed by atoms with Crippen molar-refractivity contribution in [1.29, 1.82) is 0 Å². The van der Waals surface area contributed by atoms with Crippen molar-refractivity contribution in [3.63, 3.8) is 0 Å². The number of carbonyl (C=O) groups excluding carboxylic acids is 1. The van der Waals surface area contributed by atoms with E-state index in [0.717, 1.165) is 64.2 Å². The number of allylic oxidation sites excluding steroid dienone is 9. The van der Waals surface area contributed by atoms with Gasteiger partial charge in [0.25, 0.3) is 7.82 Å². The lowest BCUT2D eigenvalue weighted by Gasteiger charge is -2.29. The van der Waals surface area contributed by atoms with Crippen LogP contribution in [0.1, 0.15) is 200 Å². The number of unbranched alkanes of at least 4 members (excludes halogenated alkanes) is 22. The Morgan fingerprint density at radius 1 is 0.593 bits per heavy atom. The molecule has 8 nitrogen and oxygen atoms in total. The lowest BCUT2D eigenvalue weighted by molar-refractivity contribution is -0.870. The van der Waals surface area contributed by atoms with Crippen molar-refractivity contribution in [3.05, 3.63) is 60.8 Å². The number of nitrogens with one attached hydrogen (secondary N) is 1. The summed E-state index contributed by atoms with van der Waals surface area (Å²) in [5, 5.41) is 13.8. The van der Waals surface area contributed by atoms with Gasteiger partial charge in [0.15, 0.2) is 0 Å². The van der Waals surface area contributed by atoms with Gasteiger partial charge in [-0.3, -0.25) is 9.36 Å². The average molecular weight is 849 g/mol. The van der Waals surface area contributed by atoms with Crippen LogP contribution in [0.4, 0.5) is 0 Å². The van der Waals surface area contributed by atoms with Crippen molar-refractivity contribution >= 4 is 13.7 Å². The van der Waals surface area contributed by atoms with Crippen LogP contribution in [-0.4, -0.2) is 68.5 Å². The van der Waals surface area contributed by atoms with Gasteiger partial charge in [-0.15, -0.1) is 0 Å². The molecule has 0 heterocycles. The molecule has 0 radical (unpaired) electrons. The normalized spacial score (nSPS) is 14.8. The molecule has 1 amide bonds. The molecule has 3 unspecified atom stereocenters. The Morgan fingerprint density at radius 2 is 1.00 bits per heavy atom. The molecule has 0 aliphatic rings. The second-order valence-electron chi connectivity index (χ2n) is 17.5. The number of quaternary nitrogens is 1. The zero-order chi connectivity index (χ0) is 43.6. The van der Waals surface area contributed by atoms with E-state index in [2.05, 4.69) is 67.8 Å². The van der Waals surface area contributed by atoms with Gasteiger partial charge in [-0.2, -0.15) is 0 Å². The van der Waals surface area contributed by atoms with Crippen LogP contribution in [0.3, 0.4) is 0 Å². The lowest BCUT2D eigenvalue weighted by atomic mass is 10.1. The number of amides is 1. The zero-order valence-electron chi connectivity index (χ0n) is 38.9. The number of nitrogens with zero attached hydrogens (tertiary/aromatic N) is 1. The predicted octanol–water partition coefficient (Wildman–Crippen LogP) is 13.2. The summed E-state index contributed by atoms with van der Waals surface area (Å²) >= 11 is 0. The van der Waals surface area contributed by atoms with Crippen molar-refractivity contribution in [2.24, 2.45) is 0 Å². The Bertz CT molecular complexity index is 1140. The summed E-state index contributed by atoms with van der Waals surface area (Å²) in [4.78, 5) is 25.3. The lowest BCUT2D eigenvalue weighted by Crippen LogP contribution is -2.45.